The molecular formula is C14H15FN2O4S. The molecule has 0 amide bonds. The van der Waals surface area contributed by atoms with Crippen molar-refractivity contribution in [3.63, 3.8) is 0 Å². The Bertz CT molecular complexity index is 742. The smallest absolute Gasteiger partial charge is 0.308 e. The van der Waals surface area contributed by atoms with Crippen LogP contribution in [0.25, 0.3) is 0 Å². The van der Waals surface area contributed by atoms with E-state index >= 15 is 0 Å². The number of sulfonamides is 1. The molecule has 1 N–H and O–H groups in total. The number of aliphatic carboxylic acids is 1. The van der Waals surface area contributed by atoms with E-state index in [1.54, 1.807) is 6.07 Å². The van der Waals surface area contributed by atoms with E-state index in [0.29, 0.717) is 12.8 Å². The molecule has 6 nitrogen and oxygen atoms in total. The van der Waals surface area contributed by atoms with Crippen LogP contribution in [0, 0.1) is 23.1 Å². The summed E-state index contributed by atoms with van der Waals surface area (Å²) in [4.78, 5) is 10.9. The Balaban J connectivity index is 2.40. The molecule has 1 saturated heterocycles. The van der Waals surface area contributed by atoms with Crippen molar-refractivity contribution in [1.29, 1.82) is 5.26 Å². The monoisotopic (exact) mass is 326 g/mol. The summed E-state index contributed by atoms with van der Waals surface area (Å²) in [6, 6.07) is 3.97. The van der Waals surface area contributed by atoms with E-state index in [9.17, 15) is 17.6 Å². The summed E-state index contributed by atoms with van der Waals surface area (Å²) in [5.74, 6) is -2.74. The minimum atomic E-state index is -4.00. The molecule has 0 radical (unpaired) electrons. The van der Waals surface area contributed by atoms with E-state index in [2.05, 4.69) is 0 Å². The van der Waals surface area contributed by atoms with Gasteiger partial charge < -0.3 is 5.11 Å². The van der Waals surface area contributed by atoms with Crippen molar-refractivity contribution in [2.45, 2.75) is 30.7 Å². The Morgan fingerprint density at radius 1 is 1.50 bits per heavy atom. The number of nitriles is 1. The number of hydrogen-bond acceptors (Lipinski definition) is 4. The average molecular weight is 326 g/mol. The number of piperidine rings is 1. The summed E-state index contributed by atoms with van der Waals surface area (Å²) < 4.78 is 39.9. The Labute approximate surface area is 127 Å². The van der Waals surface area contributed by atoms with Gasteiger partial charge in [0.2, 0.25) is 10.0 Å². The fourth-order valence-electron chi connectivity index (χ4n) is 2.66. The molecule has 0 spiro atoms. The van der Waals surface area contributed by atoms with Crippen LogP contribution in [0.15, 0.2) is 23.1 Å². The molecule has 0 aliphatic carbocycles. The molecular weight excluding hydrogens is 311 g/mol. The quantitative estimate of drug-likeness (QED) is 0.909. The minimum Gasteiger partial charge on any atom is -0.481 e. The minimum absolute atomic E-state index is 0.189. The SMILES string of the molecule is C[C@@H]1[C@H](C(=O)O)CCCN1S(=O)(=O)c1ccc(C#N)c(F)c1. The van der Waals surface area contributed by atoms with Crippen LogP contribution in [0.5, 0.6) is 0 Å². The fourth-order valence-corrected chi connectivity index (χ4v) is 4.38. The summed E-state index contributed by atoms with van der Waals surface area (Å²) in [6.07, 6.45) is 0.837. The van der Waals surface area contributed by atoms with Crippen LogP contribution in [0.1, 0.15) is 25.3 Å². The number of carboxylic acid groups (broad SMARTS) is 1. The number of hydrogen-bond donors (Lipinski definition) is 1. The molecule has 1 aromatic rings. The molecule has 0 saturated carbocycles. The summed E-state index contributed by atoms with van der Waals surface area (Å²) >= 11 is 0. The number of benzene rings is 1. The highest BCUT2D eigenvalue weighted by Crippen LogP contribution is 2.29. The van der Waals surface area contributed by atoms with Gasteiger partial charge in [-0.05, 0) is 38.0 Å². The van der Waals surface area contributed by atoms with E-state index < -0.39 is 33.8 Å². The van der Waals surface area contributed by atoms with E-state index in [-0.39, 0.29) is 17.0 Å². The van der Waals surface area contributed by atoms with Crippen LogP contribution in [0.4, 0.5) is 4.39 Å². The zero-order valence-corrected chi connectivity index (χ0v) is 12.7. The molecule has 1 aliphatic rings. The first-order chi connectivity index (χ1) is 10.3. The van der Waals surface area contributed by atoms with E-state index in [4.69, 9.17) is 10.4 Å². The molecule has 1 aromatic carbocycles. The molecule has 1 heterocycles. The maximum absolute atomic E-state index is 13.7. The molecule has 0 bridgehead atoms. The molecule has 1 aliphatic heterocycles. The first kappa shape index (κ1) is 16.4. The van der Waals surface area contributed by atoms with E-state index in [0.717, 1.165) is 22.5 Å². The van der Waals surface area contributed by atoms with Gasteiger partial charge >= 0.3 is 5.97 Å². The molecule has 2 atom stereocenters. The van der Waals surface area contributed by atoms with Gasteiger partial charge in [0.15, 0.2) is 0 Å². The second-order valence-corrected chi connectivity index (χ2v) is 7.09. The third-order valence-electron chi connectivity index (χ3n) is 3.91. The molecule has 0 aromatic heterocycles. The largest absolute Gasteiger partial charge is 0.481 e. The molecule has 22 heavy (non-hydrogen) atoms. The lowest BCUT2D eigenvalue weighted by Crippen LogP contribution is -2.49. The van der Waals surface area contributed by atoms with Crippen LogP contribution in [0.3, 0.4) is 0 Å². The molecule has 8 heteroatoms. The second-order valence-electron chi connectivity index (χ2n) is 5.20. The summed E-state index contributed by atoms with van der Waals surface area (Å²) in [5.41, 5.74) is -0.242. The lowest BCUT2D eigenvalue weighted by atomic mass is 9.92. The van der Waals surface area contributed by atoms with Gasteiger partial charge in [0.1, 0.15) is 11.9 Å². The predicted molar refractivity (Wildman–Crippen MR) is 74.8 cm³/mol. The fraction of sp³-hybridized carbons (Fsp3) is 0.429. The van der Waals surface area contributed by atoms with Crippen LogP contribution in [-0.4, -0.2) is 36.4 Å². The van der Waals surface area contributed by atoms with Gasteiger partial charge in [-0.3, -0.25) is 4.79 Å². The molecule has 2 rings (SSSR count). The first-order valence-corrected chi connectivity index (χ1v) is 8.17. The van der Waals surface area contributed by atoms with Gasteiger partial charge in [0, 0.05) is 12.6 Å². The molecule has 1 fully saturated rings. The highest BCUT2D eigenvalue weighted by molar-refractivity contribution is 7.89. The van der Waals surface area contributed by atoms with Crippen LogP contribution in [0.2, 0.25) is 0 Å². The standard InChI is InChI=1S/C14H15FN2O4S/c1-9-12(14(18)19)3-2-6-17(9)22(20,21)11-5-4-10(8-16)13(15)7-11/h4-5,7,9,12H,2-3,6H2,1H3,(H,18,19)/t9-,12-/m1/s1. The number of rotatable bonds is 3. The Kier molecular flexibility index (Phi) is 4.49. The maximum atomic E-state index is 13.7. The lowest BCUT2D eigenvalue weighted by molar-refractivity contribution is -0.144. The molecule has 118 valence electrons. The number of halogens is 1. The highest BCUT2D eigenvalue weighted by atomic mass is 32.2. The van der Waals surface area contributed by atoms with Crippen LogP contribution in [-0.2, 0) is 14.8 Å². The summed E-state index contributed by atoms with van der Waals surface area (Å²) in [6.45, 7) is 1.73. The third-order valence-corrected chi connectivity index (χ3v) is 5.90. The number of nitrogens with zero attached hydrogens (tertiary/aromatic N) is 2. The van der Waals surface area contributed by atoms with Crippen molar-refractivity contribution in [2.24, 2.45) is 5.92 Å². The zero-order valence-electron chi connectivity index (χ0n) is 11.9. The number of carbonyl (C=O) groups is 1. The summed E-state index contributed by atoms with van der Waals surface area (Å²) in [7, 11) is -4.00. The van der Waals surface area contributed by atoms with Gasteiger partial charge in [-0.15, -0.1) is 0 Å². The highest BCUT2D eigenvalue weighted by Gasteiger charge is 2.39. The Hall–Kier alpha value is -1.98. The van der Waals surface area contributed by atoms with Crippen molar-refractivity contribution >= 4 is 16.0 Å². The van der Waals surface area contributed by atoms with Gasteiger partial charge in [-0.1, -0.05) is 0 Å². The van der Waals surface area contributed by atoms with E-state index in [1.807, 2.05) is 0 Å². The lowest BCUT2D eigenvalue weighted by Gasteiger charge is -2.36. The van der Waals surface area contributed by atoms with E-state index in [1.165, 1.54) is 6.92 Å². The Morgan fingerprint density at radius 2 is 2.18 bits per heavy atom. The van der Waals surface area contributed by atoms with Crippen LogP contribution >= 0.6 is 0 Å². The topological polar surface area (TPSA) is 98.5 Å². The van der Waals surface area contributed by atoms with Crippen molar-refractivity contribution in [2.75, 3.05) is 6.54 Å². The first-order valence-electron chi connectivity index (χ1n) is 6.73. The van der Waals surface area contributed by atoms with Crippen molar-refractivity contribution in [3.05, 3.63) is 29.6 Å². The number of carboxylic acids is 1. The maximum Gasteiger partial charge on any atom is 0.308 e. The predicted octanol–water partition coefficient (Wildman–Crippen LogP) is 1.57. The van der Waals surface area contributed by atoms with Crippen molar-refractivity contribution in [1.82, 2.24) is 4.31 Å². The van der Waals surface area contributed by atoms with Gasteiger partial charge in [0.05, 0.1) is 16.4 Å². The van der Waals surface area contributed by atoms with Gasteiger partial charge in [-0.2, -0.15) is 9.57 Å². The van der Waals surface area contributed by atoms with Gasteiger partial charge in [0.25, 0.3) is 0 Å². The molecule has 0 unspecified atom stereocenters. The summed E-state index contributed by atoms with van der Waals surface area (Å²) in [5, 5.41) is 17.8. The average Bonchev–Trinajstić information content (AvgIpc) is 2.46. The van der Waals surface area contributed by atoms with Crippen molar-refractivity contribution in [3.8, 4) is 6.07 Å². The van der Waals surface area contributed by atoms with Crippen molar-refractivity contribution < 1.29 is 22.7 Å². The third kappa shape index (κ3) is 2.82. The Morgan fingerprint density at radius 3 is 2.73 bits per heavy atom. The second kappa shape index (κ2) is 6.02. The van der Waals surface area contributed by atoms with Gasteiger partial charge in [-0.25, -0.2) is 12.8 Å². The van der Waals surface area contributed by atoms with Crippen LogP contribution < -0.4 is 0 Å². The normalized spacial score (nSPS) is 23.0. The zero-order chi connectivity index (χ0) is 16.5.